The maximum atomic E-state index is 13.5. The second-order valence-corrected chi connectivity index (χ2v) is 9.28. The van der Waals surface area contributed by atoms with Gasteiger partial charge in [0.05, 0.1) is 5.69 Å². The first-order valence-corrected chi connectivity index (χ1v) is 12.5. The third-order valence-corrected chi connectivity index (χ3v) is 6.85. The van der Waals surface area contributed by atoms with Crippen LogP contribution in [0, 0.1) is 6.92 Å². The van der Waals surface area contributed by atoms with Gasteiger partial charge in [0.25, 0.3) is 5.56 Å². The van der Waals surface area contributed by atoms with Gasteiger partial charge in [-0.05, 0) is 30.7 Å². The molecule has 0 amide bonds. The van der Waals surface area contributed by atoms with E-state index in [-0.39, 0.29) is 5.56 Å². The molecular weight excluding hydrogens is 472 g/mol. The van der Waals surface area contributed by atoms with Crippen molar-refractivity contribution in [2.75, 3.05) is 5.32 Å². The van der Waals surface area contributed by atoms with Gasteiger partial charge >= 0.3 is 0 Å². The molecule has 6 rings (SSSR count). The molecular formula is C27H22N6O2S. The van der Waals surface area contributed by atoms with Crippen molar-refractivity contribution in [3.05, 3.63) is 112 Å². The Morgan fingerprint density at radius 1 is 0.944 bits per heavy atom. The van der Waals surface area contributed by atoms with Crippen LogP contribution in [0.5, 0.6) is 5.88 Å². The number of fused-ring (bicyclic) bond motifs is 3. The van der Waals surface area contributed by atoms with Crippen LogP contribution in [-0.2, 0) is 5.75 Å². The SMILES string of the molecule is Cc1[nH]n(-c2ccccc2)c(=O)c1[C@H]1Nc2ccccc2-c2nnc(SCc3ccccc3)nc2O1. The number of benzene rings is 3. The predicted octanol–water partition coefficient (Wildman–Crippen LogP) is 5.12. The molecule has 36 heavy (non-hydrogen) atoms. The number of anilines is 1. The summed E-state index contributed by atoms with van der Waals surface area (Å²) >= 11 is 1.48. The Kier molecular flexibility index (Phi) is 5.74. The minimum atomic E-state index is -0.773. The van der Waals surface area contributed by atoms with Crippen LogP contribution in [0.15, 0.2) is 94.9 Å². The fourth-order valence-corrected chi connectivity index (χ4v) is 4.92. The van der Waals surface area contributed by atoms with E-state index < -0.39 is 6.23 Å². The Hall–Kier alpha value is -4.37. The largest absolute Gasteiger partial charge is 0.447 e. The highest BCUT2D eigenvalue weighted by atomic mass is 32.2. The molecule has 8 nitrogen and oxygen atoms in total. The lowest BCUT2D eigenvalue weighted by atomic mass is 10.1. The van der Waals surface area contributed by atoms with Gasteiger partial charge in [-0.15, -0.1) is 10.2 Å². The predicted molar refractivity (Wildman–Crippen MR) is 139 cm³/mol. The van der Waals surface area contributed by atoms with Crippen molar-refractivity contribution >= 4 is 17.4 Å². The second-order valence-electron chi connectivity index (χ2n) is 8.34. The molecule has 0 bridgehead atoms. The number of rotatable bonds is 5. The lowest BCUT2D eigenvalue weighted by Crippen LogP contribution is -2.26. The average molecular weight is 495 g/mol. The number of aromatic nitrogens is 5. The van der Waals surface area contributed by atoms with Crippen molar-refractivity contribution in [3.63, 3.8) is 0 Å². The molecule has 0 radical (unpaired) electrons. The van der Waals surface area contributed by atoms with Gasteiger partial charge in [-0.1, -0.05) is 78.5 Å². The monoisotopic (exact) mass is 494 g/mol. The molecule has 2 aromatic heterocycles. The summed E-state index contributed by atoms with van der Waals surface area (Å²) in [6, 6.07) is 27.3. The van der Waals surface area contributed by atoms with Crippen molar-refractivity contribution in [3.8, 4) is 22.8 Å². The number of hydrogen-bond donors (Lipinski definition) is 2. The standard InChI is InChI=1S/C27H22N6O2S/c1-17-22(26(34)33(32-17)19-12-6-3-7-13-19)24-28-21-15-9-8-14-20(21)23-25(35-24)29-27(31-30-23)36-16-18-10-4-2-5-11-18/h2-15,24,28,32H,16H2,1H3/t24-/m0/s1. The minimum absolute atomic E-state index is 0.196. The maximum Gasteiger partial charge on any atom is 0.280 e. The van der Waals surface area contributed by atoms with Crippen LogP contribution in [0.3, 0.4) is 0 Å². The summed E-state index contributed by atoms with van der Waals surface area (Å²) in [5.41, 5.74) is 5.01. The van der Waals surface area contributed by atoms with Crippen molar-refractivity contribution < 1.29 is 4.74 Å². The topological polar surface area (TPSA) is 97.7 Å². The maximum absolute atomic E-state index is 13.5. The molecule has 0 saturated carbocycles. The van der Waals surface area contributed by atoms with Crippen molar-refractivity contribution in [2.24, 2.45) is 0 Å². The number of aryl methyl sites for hydroxylation is 1. The lowest BCUT2D eigenvalue weighted by Gasteiger charge is -2.18. The molecule has 5 aromatic rings. The normalized spacial score (nSPS) is 14.2. The van der Waals surface area contributed by atoms with Crippen LogP contribution in [0.4, 0.5) is 5.69 Å². The summed E-state index contributed by atoms with van der Waals surface area (Å²) in [4.78, 5) is 18.2. The minimum Gasteiger partial charge on any atom is -0.447 e. The average Bonchev–Trinajstić information content (AvgIpc) is 3.12. The third-order valence-electron chi connectivity index (χ3n) is 5.94. The number of nitrogens with zero attached hydrogens (tertiary/aromatic N) is 4. The highest BCUT2D eigenvalue weighted by molar-refractivity contribution is 7.98. The number of nitrogens with one attached hydrogen (secondary N) is 2. The van der Waals surface area contributed by atoms with Gasteiger partial charge in [-0.2, -0.15) is 4.98 Å². The molecule has 9 heteroatoms. The summed E-state index contributed by atoms with van der Waals surface area (Å²) < 4.78 is 7.88. The number of hydrogen-bond acceptors (Lipinski definition) is 7. The molecule has 3 aromatic carbocycles. The Bertz CT molecular complexity index is 1580. The number of aromatic amines is 1. The fraction of sp³-hybridized carbons (Fsp3) is 0.111. The Morgan fingerprint density at radius 3 is 2.47 bits per heavy atom. The van der Waals surface area contributed by atoms with Gasteiger partial charge < -0.3 is 10.1 Å². The van der Waals surface area contributed by atoms with Crippen molar-refractivity contribution in [2.45, 2.75) is 24.1 Å². The van der Waals surface area contributed by atoms with Crippen molar-refractivity contribution in [1.29, 1.82) is 0 Å². The zero-order valence-corrected chi connectivity index (χ0v) is 20.2. The fourth-order valence-electron chi connectivity index (χ4n) is 4.19. The highest BCUT2D eigenvalue weighted by Gasteiger charge is 2.30. The van der Waals surface area contributed by atoms with Gasteiger partial charge in [0, 0.05) is 22.7 Å². The first-order chi connectivity index (χ1) is 17.7. The van der Waals surface area contributed by atoms with Crippen LogP contribution < -0.4 is 15.6 Å². The van der Waals surface area contributed by atoms with Crippen molar-refractivity contribution in [1.82, 2.24) is 25.0 Å². The van der Waals surface area contributed by atoms with Crippen LogP contribution in [0.2, 0.25) is 0 Å². The Morgan fingerprint density at radius 2 is 1.67 bits per heavy atom. The molecule has 3 heterocycles. The molecule has 2 N–H and O–H groups in total. The molecule has 1 aliphatic rings. The molecule has 0 spiro atoms. The zero-order valence-electron chi connectivity index (χ0n) is 19.4. The summed E-state index contributed by atoms with van der Waals surface area (Å²) in [5, 5.41) is 15.9. The van der Waals surface area contributed by atoms with Gasteiger partial charge in [0.15, 0.2) is 5.69 Å². The smallest absolute Gasteiger partial charge is 0.280 e. The van der Waals surface area contributed by atoms with Crippen LogP contribution >= 0.6 is 11.8 Å². The summed E-state index contributed by atoms with van der Waals surface area (Å²) in [5.74, 6) is 1.03. The molecule has 1 aliphatic heterocycles. The van der Waals surface area contributed by atoms with E-state index >= 15 is 0 Å². The number of para-hydroxylation sites is 2. The second kappa shape index (κ2) is 9.35. The number of H-pyrrole nitrogens is 1. The van der Waals surface area contributed by atoms with E-state index in [0.717, 1.165) is 22.5 Å². The molecule has 0 aliphatic carbocycles. The van der Waals surface area contributed by atoms with E-state index in [2.05, 4.69) is 32.7 Å². The summed E-state index contributed by atoms with van der Waals surface area (Å²) in [6.45, 7) is 1.86. The molecule has 0 unspecified atom stereocenters. The van der Waals surface area contributed by atoms with Gasteiger partial charge in [-0.3, -0.25) is 9.89 Å². The number of ether oxygens (including phenoxy) is 1. The van der Waals surface area contributed by atoms with E-state index in [1.807, 2.05) is 79.7 Å². The Labute approximate surface area is 211 Å². The van der Waals surface area contributed by atoms with Crippen LogP contribution in [0.25, 0.3) is 16.9 Å². The van der Waals surface area contributed by atoms with E-state index in [4.69, 9.17) is 9.72 Å². The summed E-state index contributed by atoms with van der Waals surface area (Å²) in [7, 11) is 0. The quantitative estimate of drug-likeness (QED) is 0.327. The number of thioether (sulfide) groups is 1. The van der Waals surface area contributed by atoms with Gasteiger partial charge in [-0.25, -0.2) is 4.68 Å². The van der Waals surface area contributed by atoms with E-state index in [1.165, 1.54) is 16.4 Å². The van der Waals surface area contributed by atoms with E-state index in [0.29, 0.717) is 33.7 Å². The van der Waals surface area contributed by atoms with Crippen LogP contribution in [0.1, 0.15) is 23.0 Å². The van der Waals surface area contributed by atoms with Crippen LogP contribution in [-0.4, -0.2) is 25.0 Å². The van der Waals surface area contributed by atoms with E-state index in [1.54, 1.807) is 0 Å². The first-order valence-electron chi connectivity index (χ1n) is 11.5. The third kappa shape index (κ3) is 4.14. The van der Waals surface area contributed by atoms with E-state index in [9.17, 15) is 4.79 Å². The lowest BCUT2D eigenvalue weighted by molar-refractivity contribution is 0.223. The summed E-state index contributed by atoms with van der Waals surface area (Å²) in [6.07, 6.45) is -0.773. The molecule has 1 atom stereocenters. The molecule has 178 valence electrons. The first kappa shape index (κ1) is 22.1. The molecule has 0 saturated heterocycles. The highest BCUT2D eigenvalue weighted by Crippen LogP contribution is 2.39. The zero-order chi connectivity index (χ0) is 24.5. The van der Waals surface area contributed by atoms with Gasteiger partial charge in [0.1, 0.15) is 5.56 Å². The van der Waals surface area contributed by atoms with Gasteiger partial charge in [0.2, 0.25) is 17.3 Å². The Balaban J connectivity index is 1.39. The molecule has 0 fully saturated rings.